The maximum absolute atomic E-state index is 12.3. The minimum absolute atomic E-state index is 0.0445. The summed E-state index contributed by atoms with van der Waals surface area (Å²) in [6, 6.07) is 0. The number of carbonyl (C=O) groups is 2. The lowest BCUT2D eigenvalue weighted by atomic mass is 10.3. The summed E-state index contributed by atoms with van der Waals surface area (Å²) in [6.45, 7) is 3.20. The van der Waals surface area contributed by atoms with Crippen LogP contribution in [0.5, 0.6) is 0 Å². The molecule has 0 radical (unpaired) electrons. The first-order valence-electron chi connectivity index (χ1n) is 6.41. The topological polar surface area (TPSA) is 115 Å². The molecule has 0 amide bonds. The Morgan fingerprint density at radius 2 is 2.09 bits per heavy atom. The molecule has 0 bridgehead atoms. The predicted octanol–water partition coefficient (Wildman–Crippen LogP) is 1.71. The molecule has 2 aromatic heterocycles. The molecule has 2 rings (SSSR count). The molecule has 1 N–H and O–H groups in total. The molecule has 0 spiro atoms. The van der Waals surface area contributed by atoms with Gasteiger partial charge in [-0.1, -0.05) is 0 Å². The number of rotatable bonds is 7. The fourth-order valence-corrected chi connectivity index (χ4v) is 4.78. The maximum atomic E-state index is 12.3. The van der Waals surface area contributed by atoms with Gasteiger partial charge in [-0.2, -0.15) is 0 Å². The number of thiazole rings is 2. The number of anilines is 1. The first-order chi connectivity index (χ1) is 10.8. The summed E-state index contributed by atoms with van der Waals surface area (Å²) in [4.78, 5) is 30.5. The smallest absolute Gasteiger partial charge is 0.360 e. The molecule has 0 aliphatic heterocycles. The summed E-state index contributed by atoms with van der Waals surface area (Å²) >= 11 is 1.87. The van der Waals surface area contributed by atoms with Crippen LogP contribution in [0.15, 0.2) is 15.9 Å². The van der Waals surface area contributed by atoms with Gasteiger partial charge in [0.2, 0.25) is 0 Å². The van der Waals surface area contributed by atoms with Crippen LogP contribution in [0, 0.1) is 0 Å². The van der Waals surface area contributed by atoms with Crippen LogP contribution in [0.4, 0.5) is 5.00 Å². The summed E-state index contributed by atoms with van der Waals surface area (Å²) in [5.74, 6) is -0.809. The SMILES string of the molecule is CCOC(=O)c1ncsc1NS(=O)(=O)c1cnc(CC(C)=O)s1. The second kappa shape index (κ2) is 7.15. The molecule has 0 saturated carbocycles. The van der Waals surface area contributed by atoms with Gasteiger partial charge in [0.05, 0.1) is 24.7 Å². The summed E-state index contributed by atoms with van der Waals surface area (Å²) in [7, 11) is -3.91. The van der Waals surface area contributed by atoms with E-state index in [2.05, 4.69) is 14.7 Å². The number of hydrogen-bond acceptors (Lipinski definition) is 9. The van der Waals surface area contributed by atoms with Crippen molar-refractivity contribution in [2.75, 3.05) is 11.3 Å². The molecule has 0 aliphatic carbocycles. The van der Waals surface area contributed by atoms with Gasteiger partial charge in [0.15, 0.2) is 9.90 Å². The van der Waals surface area contributed by atoms with Crippen LogP contribution >= 0.6 is 22.7 Å². The van der Waals surface area contributed by atoms with Crippen LogP contribution in [0.1, 0.15) is 29.3 Å². The third-order valence-electron chi connectivity index (χ3n) is 2.46. The van der Waals surface area contributed by atoms with Gasteiger partial charge in [-0.05, 0) is 13.8 Å². The average Bonchev–Trinajstić information content (AvgIpc) is 3.07. The molecule has 0 unspecified atom stereocenters. The highest BCUT2D eigenvalue weighted by Gasteiger charge is 2.24. The molecular weight excluding hydrogens is 362 g/mol. The number of sulfonamides is 1. The first-order valence-corrected chi connectivity index (χ1v) is 9.59. The van der Waals surface area contributed by atoms with Crippen molar-refractivity contribution in [2.24, 2.45) is 0 Å². The molecule has 11 heteroatoms. The number of hydrogen-bond donors (Lipinski definition) is 1. The normalized spacial score (nSPS) is 11.2. The Morgan fingerprint density at radius 1 is 1.35 bits per heavy atom. The number of aromatic nitrogens is 2. The zero-order valence-electron chi connectivity index (χ0n) is 12.2. The molecule has 23 heavy (non-hydrogen) atoms. The fourth-order valence-electron chi connectivity index (χ4n) is 1.55. The molecule has 0 aromatic carbocycles. The van der Waals surface area contributed by atoms with E-state index in [1.165, 1.54) is 18.6 Å². The number of ketones is 1. The molecule has 8 nitrogen and oxygen atoms in total. The first kappa shape index (κ1) is 17.5. The van der Waals surface area contributed by atoms with Crippen LogP contribution in [0.2, 0.25) is 0 Å². The zero-order valence-corrected chi connectivity index (χ0v) is 14.7. The van der Waals surface area contributed by atoms with Crippen LogP contribution < -0.4 is 4.72 Å². The highest BCUT2D eigenvalue weighted by atomic mass is 32.2. The second-order valence-corrected chi connectivity index (χ2v) is 8.19. The molecule has 124 valence electrons. The lowest BCUT2D eigenvalue weighted by molar-refractivity contribution is -0.116. The van der Waals surface area contributed by atoms with Crippen molar-refractivity contribution in [3.05, 3.63) is 22.4 Å². The van der Waals surface area contributed by atoms with E-state index >= 15 is 0 Å². The van der Waals surface area contributed by atoms with Gasteiger partial charge in [0.1, 0.15) is 15.8 Å². The van der Waals surface area contributed by atoms with Crippen molar-refractivity contribution >= 4 is 49.5 Å². The Bertz CT molecular complexity index is 825. The van der Waals surface area contributed by atoms with Crippen LogP contribution in [-0.2, 0) is 26.0 Å². The highest BCUT2D eigenvalue weighted by molar-refractivity contribution is 7.94. The van der Waals surface area contributed by atoms with Crippen molar-refractivity contribution < 1.29 is 22.7 Å². The minimum atomic E-state index is -3.91. The van der Waals surface area contributed by atoms with Crippen molar-refractivity contribution in [3.8, 4) is 0 Å². The van der Waals surface area contributed by atoms with Gasteiger partial charge in [-0.25, -0.2) is 23.2 Å². The number of nitrogens with zero attached hydrogens (tertiary/aromatic N) is 2. The van der Waals surface area contributed by atoms with Crippen molar-refractivity contribution in [1.29, 1.82) is 0 Å². The Hall–Kier alpha value is -1.85. The molecule has 0 atom stereocenters. The molecule has 2 aromatic rings. The highest BCUT2D eigenvalue weighted by Crippen LogP contribution is 2.27. The van der Waals surface area contributed by atoms with E-state index in [4.69, 9.17) is 4.74 Å². The standard InChI is InChI=1S/C12H13N3O5S3/c1-3-20-12(17)10-11(21-6-14-10)15-23(18,19)9-5-13-8(22-9)4-7(2)16/h5-6,15H,3-4H2,1-2H3. The van der Waals surface area contributed by atoms with Crippen LogP contribution in [0.3, 0.4) is 0 Å². The Kier molecular flexibility index (Phi) is 5.44. The largest absolute Gasteiger partial charge is 0.461 e. The Balaban J connectivity index is 2.22. The fraction of sp³-hybridized carbons (Fsp3) is 0.333. The summed E-state index contributed by atoms with van der Waals surface area (Å²) in [6.07, 6.45) is 1.26. The summed E-state index contributed by atoms with van der Waals surface area (Å²) < 4.78 is 31.7. The molecular formula is C12H13N3O5S3. The van der Waals surface area contributed by atoms with Crippen LogP contribution in [0.25, 0.3) is 0 Å². The van der Waals surface area contributed by atoms with Gasteiger partial charge >= 0.3 is 5.97 Å². The van der Waals surface area contributed by atoms with Gasteiger partial charge in [0, 0.05) is 0 Å². The van der Waals surface area contributed by atoms with E-state index in [9.17, 15) is 18.0 Å². The van der Waals surface area contributed by atoms with E-state index in [0.29, 0.717) is 5.01 Å². The monoisotopic (exact) mass is 375 g/mol. The lowest BCUT2D eigenvalue weighted by Gasteiger charge is -2.05. The quantitative estimate of drug-likeness (QED) is 0.732. The number of ether oxygens (including phenoxy) is 1. The predicted molar refractivity (Wildman–Crippen MR) is 85.4 cm³/mol. The number of carbonyl (C=O) groups excluding carboxylic acids is 2. The van der Waals surface area contributed by atoms with E-state index in [1.807, 2.05) is 0 Å². The maximum Gasteiger partial charge on any atom is 0.360 e. The molecule has 2 heterocycles. The third-order valence-corrected chi connectivity index (χ3v) is 6.14. The summed E-state index contributed by atoms with van der Waals surface area (Å²) in [5.41, 5.74) is 1.26. The average molecular weight is 375 g/mol. The third kappa shape index (κ3) is 4.33. The van der Waals surface area contributed by atoms with E-state index in [0.717, 1.165) is 22.7 Å². The van der Waals surface area contributed by atoms with Crippen molar-refractivity contribution in [3.63, 3.8) is 0 Å². The number of Topliss-reactive ketones (excluding diaryl/α,β-unsaturated/α-hetero) is 1. The molecule has 0 fully saturated rings. The van der Waals surface area contributed by atoms with E-state index in [-0.39, 0.29) is 33.7 Å². The Morgan fingerprint density at radius 3 is 2.74 bits per heavy atom. The molecule has 0 aliphatic rings. The van der Waals surface area contributed by atoms with E-state index < -0.39 is 16.0 Å². The van der Waals surface area contributed by atoms with Gasteiger partial charge in [0.25, 0.3) is 10.0 Å². The second-order valence-electron chi connectivity index (χ2n) is 4.31. The van der Waals surface area contributed by atoms with E-state index in [1.54, 1.807) is 6.92 Å². The zero-order chi connectivity index (χ0) is 17.0. The number of esters is 1. The molecule has 0 saturated heterocycles. The van der Waals surface area contributed by atoms with Crippen LogP contribution in [-0.4, -0.2) is 36.7 Å². The van der Waals surface area contributed by atoms with Crippen molar-refractivity contribution in [1.82, 2.24) is 9.97 Å². The van der Waals surface area contributed by atoms with Gasteiger partial charge < -0.3 is 4.74 Å². The minimum Gasteiger partial charge on any atom is -0.461 e. The van der Waals surface area contributed by atoms with Gasteiger partial charge in [-0.15, -0.1) is 22.7 Å². The Labute approximate surface area is 140 Å². The van der Waals surface area contributed by atoms with Gasteiger partial charge in [-0.3, -0.25) is 9.52 Å². The number of nitrogens with one attached hydrogen (secondary N) is 1. The lowest BCUT2D eigenvalue weighted by Crippen LogP contribution is -2.14. The van der Waals surface area contributed by atoms with Crippen molar-refractivity contribution in [2.45, 2.75) is 24.5 Å². The summed E-state index contributed by atoms with van der Waals surface area (Å²) in [5, 5.41) is 0.484.